The van der Waals surface area contributed by atoms with E-state index in [0.29, 0.717) is 18.0 Å². The molecule has 2 rings (SSSR count). The van der Waals surface area contributed by atoms with Crippen molar-refractivity contribution < 1.29 is 9.66 Å². The van der Waals surface area contributed by atoms with Crippen LogP contribution in [-0.4, -0.2) is 24.1 Å². The van der Waals surface area contributed by atoms with Gasteiger partial charge in [-0.1, -0.05) is 12.8 Å². The van der Waals surface area contributed by atoms with E-state index in [4.69, 9.17) is 10.5 Å². The lowest BCUT2D eigenvalue weighted by Crippen LogP contribution is -2.42. The van der Waals surface area contributed by atoms with Gasteiger partial charge in [0.05, 0.1) is 12.0 Å². The molecule has 3 N–H and O–H groups in total. The minimum absolute atomic E-state index is 0.0560. The van der Waals surface area contributed by atoms with Crippen LogP contribution in [0.4, 0.5) is 11.4 Å². The predicted molar refractivity (Wildman–Crippen MR) is 73.5 cm³/mol. The summed E-state index contributed by atoms with van der Waals surface area (Å²) in [6.07, 6.45) is 4.08. The Balaban J connectivity index is 2.33. The Morgan fingerprint density at radius 3 is 2.68 bits per heavy atom. The molecule has 1 aliphatic rings. The third-order valence-corrected chi connectivity index (χ3v) is 3.75. The first kappa shape index (κ1) is 13.6. The summed E-state index contributed by atoms with van der Waals surface area (Å²) in [4.78, 5) is 10.7. The van der Waals surface area contributed by atoms with Crippen LogP contribution < -0.4 is 15.8 Å². The third-order valence-electron chi connectivity index (χ3n) is 3.75. The fraction of sp³-hybridized carbons (Fsp3) is 0.538. The number of ether oxygens (including phenoxy) is 1. The molecule has 0 amide bonds. The number of rotatable bonds is 5. The van der Waals surface area contributed by atoms with Gasteiger partial charge in [-0.3, -0.25) is 10.1 Å². The van der Waals surface area contributed by atoms with E-state index in [1.807, 2.05) is 0 Å². The van der Waals surface area contributed by atoms with E-state index in [1.54, 1.807) is 19.2 Å². The van der Waals surface area contributed by atoms with Gasteiger partial charge in [0, 0.05) is 24.2 Å². The number of nitrogens with one attached hydrogen (secondary N) is 1. The topological polar surface area (TPSA) is 90.4 Å². The molecule has 1 aromatic carbocycles. The van der Waals surface area contributed by atoms with Crippen molar-refractivity contribution in [1.82, 2.24) is 0 Å². The summed E-state index contributed by atoms with van der Waals surface area (Å²) < 4.78 is 5.13. The van der Waals surface area contributed by atoms with Crippen LogP contribution in [-0.2, 0) is 0 Å². The molecule has 1 saturated carbocycles. The van der Waals surface area contributed by atoms with Crippen molar-refractivity contribution in [2.75, 3.05) is 19.0 Å². The van der Waals surface area contributed by atoms with Gasteiger partial charge in [-0.15, -0.1) is 0 Å². The molecule has 0 aromatic heterocycles. The Morgan fingerprint density at radius 1 is 1.47 bits per heavy atom. The molecule has 19 heavy (non-hydrogen) atoms. The maximum Gasteiger partial charge on any atom is 0.292 e. The average molecular weight is 265 g/mol. The second-order valence-corrected chi connectivity index (χ2v) is 4.96. The lowest BCUT2D eigenvalue weighted by molar-refractivity contribution is -0.384. The van der Waals surface area contributed by atoms with E-state index in [0.717, 1.165) is 25.7 Å². The predicted octanol–water partition coefficient (Wildman–Crippen LogP) is 2.29. The van der Waals surface area contributed by atoms with Crippen LogP contribution in [0.15, 0.2) is 18.2 Å². The molecule has 6 nitrogen and oxygen atoms in total. The molecule has 0 bridgehead atoms. The fourth-order valence-corrected chi connectivity index (χ4v) is 2.62. The van der Waals surface area contributed by atoms with Crippen molar-refractivity contribution >= 4 is 11.4 Å². The molecule has 6 heteroatoms. The van der Waals surface area contributed by atoms with Crippen molar-refractivity contribution in [3.63, 3.8) is 0 Å². The van der Waals surface area contributed by atoms with Gasteiger partial charge >= 0.3 is 0 Å². The number of hydrogen-bond donors (Lipinski definition) is 2. The highest BCUT2D eigenvalue weighted by molar-refractivity contribution is 5.65. The van der Waals surface area contributed by atoms with Gasteiger partial charge in [0.15, 0.2) is 0 Å². The van der Waals surface area contributed by atoms with E-state index >= 15 is 0 Å². The van der Waals surface area contributed by atoms with E-state index in [1.165, 1.54) is 6.07 Å². The monoisotopic (exact) mass is 265 g/mol. The van der Waals surface area contributed by atoms with Crippen LogP contribution in [0.2, 0.25) is 0 Å². The number of nitro groups is 1. The second-order valence-electron chi connectivity index (χ2n) is 4.96. The van der Waals surface area contributed by atoms with Gasteiger partial charge in [0.1, 0.15) is 11.4 Å². The Morgan fingerprint density at radius 2 is 2.16 bits per heavy atom. The standard InChI is InChI=1S/C13H19N3O3/c1-19-10-4-5-12(16(17)18)11(8-10)15-13(9-14)6-2-3-7-13/h4-5,8,15H,2-3,6-7,9,14H2,1H3. The van der Waals surface area contributed by atoms with Gasteiger partial charge < -0.3 is 15.8 Å². The van der Waals surface area contributed by atoms with Crippen LogP contribution >= 0.6 is 0 Å². The average Bonchev–Trinajstić information content (AvgIpc) is 2.87. The molecule has 0 heterocycles. The summed E-state index contributed by atoms with van der Waals surface area (Å²) in [7, 11) is 1.54. The zero-order valence-corrected chi connectivity index (χ0v) is 11.0. The molecule has 0 aliphatic heterocycles. The lowest BCUT2D eigenvalue weighted by Gasteiger charge is -2.29. The Bertz CT molecular complexity index is 470. The molecule has 0 radical (unpaired) electrons. The highest BCUT2D eigenvalue weighted by Crippen LogP contribution is 2.37. The summed E-state index contributed by atoms with van der Waals surface area (Å²) in [6, 6.07) is 4.71. The first-order chi connectivity index (χ1) is 9.10. The van der Waals surface area contributed by atoms with Gasteiger partial charge in [-0.2, -0.15) is 0 Å². The summed E-state index contributed by atoms with van der Waals surface area (Å²) in [5, 5.41) is 14.4. The smallest absolute Gasteiger partial charge is 0.292 e. The maximum absolute atomic E-state index is 11.1. The van der Waals surface area contributed by atoms with Crippen LogP contribution in [0, 0.1) is 10.1 Å². The highest BCUT2D eigenvalue weighted by Gasteiger charge is 2.34. The van der Waals surface area contributed by atoms with E-state index < -0.39 is 0 Å². The quantitative estimate of drug-likeness (QED) is 0.629. The van der Waals surface area contributed by atoms with Crippen LogP contribution in [0.25, 0.3) is 0 Å². The molecule has 0 unspecified atom stereocenters. The Labute approximate surface area is 112 Å². The van der Waals surface area contributed by atoms with Crippen molar-refractivity contribution in [3.8, 4) is 5.75 Å². The van der Waals surface area contributed by atoms with Gasteiger partial charge in [0.2, 0.25) is 0 Å². The number of nitro benzene ring substituents is 1. The van der Waals surface area contributed by atoms with Gasteiger partial charge in [-0.25, -0.2) is 0 Å². The molecular weight excluding hydrogens is 246 g/mol. The number of benzene rings is 1. The fourth-order valence-electron chi connectivity index (χ4n) is 2.62. The van der Waals surface area contributed by atoms with Crippen molar-refractivity contribution in [2.24, 2.45) is 5.73 Å². The lowest BCUT2D eigenvalue weighted by atomic mass is 9.97. The third kappa shape index (κ3) is 2.78. The summed E-state index contributed by atoms with van der Waals surface area (Å²) in [6.45, 7) is 0.474. The zero-order chi connectivity index (χ0) is 13.9. The Kier molecular flexibility index (Phi) is 3.90. The summed E-state index contributed by atoms with van der Waals surface area (Å²) in [5.41, 5.74) is 6.16. The molecule has 1 aromatic rings. The van der Waals surface area contributed by atoms with Gasteiger partial charge in [-0.05, 0) is 18.9 Å². The summed E-state index contributed by atoms with van der Waals surface area (Å²) >= 11 is 0. The SMILES string of the molecule is COc1ccc([N+](=O)[O-])c(NC2(CN)CCCC2)c1. The molecule has 0 atom stereocenters. The first-order valence-corrected chi connectivity index (χ1v) is 6.41. The molecule has 104 valence electrons. The normalized spacial score (nSPS) is 17.2. The van der Waals surface area contributed by atoms with E-state index in [-0.39, 0.29) is 16.1 Å². The number of anilines is 1. The van der Waals surface area contributed by atoms with Crippen molar-refractivity contribution in [1.29, 1.82) is 0 Å². The first-order valence-electron chi connectivity index (χ1n) is 6.41. The van der Waals surface area contributed by atoms with Crippen molar-refractivity contribution in [2.45, 2.75) is 31.2 Å². The van der Waals surface area contributed by atoms with Crippen LogP contribution in [0.3, 0.4) is 0 Å². The molecule has 1 fully saturated rings. The van der Waals surface area contributed by atoms with E-state index in [2.05, 4.69) is 5.32 Å². The van der Waals surface area contributed by atoms with Crippen molar-refractivity contribution in [3.05, 3.63) is 28.3 Å². The molecular formula is C13H19N3O3. The second kappa shape index (κ2) is 5.44. The maximum atomic E-state index is 11.1. The number of nitrogens with two attached hydrogens (primary N) is 1. The summed E-state index contributed by atoms with van der Waals surface area (Å²) in [5.74, 6) is 0.596. The number of hydrogen-bond acceptors (Lipinski definition) is 5. The largest absolute Gasteiger partial charge is 0.497 e. The zero-order valence-electron chi connectivity index (χ0n) is 11.0. The molecule has 0 spiro atoms. The minimum atomic E-state index is -0.388. The molecule has 1 aliphatic carbocycles. The molecule has 0 saturated heterocycles. The van der Waals surface area contributed by atoms with Crippen LogP contribution in [0.5, 0.6) is 5.75 Å². The van der Waals surface area contributed by atoms with Crippen LogP contribution in [0.1, 0.15) is 25.7 Å². The minimum Gasteiger partial charge on any atom is -0.497 e. The Hall–Kier alpha value is -1.82. The highest BCUT2D eigenvalue weighted by atomic mass is 16.6. The number of nitrogens with zero attached hydrogens (tertiary/aromatic N) is 1. The van der Waals surface area contributed by atoms with E-state index in [9.17, 15) is 10.1 Å². The number of methoxy groups -OCH3 is 1. The van der Waals surface area contributed by atoms with Gasteiger partial charge in [0.25, 0.3) is 5.69 Å².